The number of alkyl carbamates (subject to hydrolysis) is 1. The maximum atomic E-state index is 13.9. The molecule has 42 heavy (non-hydrogen) atoms. The molecule has 3 fully saturated rings. The van der Waals surface area contributed by atoms with Crippen molar-refractivity contribution in [3.05, 3.63) is 29.7 Å². The fraction of sp³-hybridized carbons (Fsp3) is 0.690. The topological polar surface area (TPSA) is 121 Å². The molecular weight excluding hydrogens is 556 g/mol. The van der Waals surface area contributed by atoms with Crippen molar-refractivity contribution >= 4 is 17.6 Å². The summed E-state index contributed by atoms with van der Waals surface area (Å²) in [5.41, 5.74) is -0.245. The highest BCUT2D eigenvalue weighted by Crippen LogP contribution is 2.54. The summed E-state index contributed by atoms with van der Waals surface area (Å²) in [6, 6.07) is 2.58. The number of carbonyl (C=O) groups is 2. The fourth-order valence-corrected chi connectivity index (χ4v) is 6.03. The first-order valence-electron chi connectivity index (χ1n) is 14.4. The number of nitrogens with zero attached hydrogens (tertiary/aromatic N) is 4. The Bertz CT molecular complexity index is 1380. The van der Waals surface area contributed by atoms with Crippen molar-refractivity contribution in [2.45, 2.75) is 108 Å². The van der Waals surface area contributed by atoms with Gasteiger partial charge in [0, 0.05) is 32.1 Å². The zero-order valence-corrected chi connectivity index (χ0v) is 23.9. The molecule has 2 amide bonds. The molecule has 2 N–H and O–H groups in total. The van der Waals surface area contributed by atoms with Crippen molar-refractivity contribution in [3.63, 3.8) is 0 Å². The molecule has 0 aliphatic heterocycles. The number of imidazole rings is 1. The van der Waals surface area contributed by atoms with E-state index in [1.165, 1.54) is 10.7 Å². The molecule has 2 heterocycles. The summed E-state index contributed by atoms with van der Waals surface area (Å²) in [6.07, 6.45) is 2.67. The van der Waals surface area contributed by atoms with E-state index in [-0.39, 0.29) is 50.9 Å². The fourth-order valence-electron chi connectivity index (χ4n) is 6.03. The van der Waals surface area contributed by atoms with Crippen LogP contribution >= 0.6 is 0 Å². The Labute approximate surface area is 241 Å². The number of hydrogen-bond donors (Lipinski definition) is 2. The second-order valence-electron chi connectivity index (χ2n) is 13.2. The third-order valence-electron chi connectivity index (χ3n) is 8.44. The maximum Gasteiger partial charge on any atom is 0.408 e. The van der Waals surface area contributed by atoms with Crippen LogP contribution in [0.25, 0.3) is 5.65 Å². The Balaban J connectivity index is 1.39. The lowest BCUT2D eigenvalue weighted by Gasteiger charge is -2.35. The van der Waals surface area contributed by atoms with E-state index >= 15 is 0 Å². The number of fused-ring (bicyclic) bond motifs is 1. The van der Waals surface area contributed by atoms with Gasteiger partial charge in [-0.05, 0) is 69.9 Å². The monoisotopic (exact) mass is 592 g/mol. The third-order valence-corrected chi connectivity index (χ3v) is 8.44. The summed E-state index contributed by atoms with van der Waals surface area (Å²) in [4.78, 5) is 30.2. The number of aromatic nitrogens is 3. The molecule has 2 aromatic heterocycles. The van der Waals surface area contributed by atoms with E-state index in [0.717, 1.165) is 0 Å². The number of rotatable bonds is 8. The van der Waals surface area contributed by atoms with E-state index in [4.69, 9.17) is 4.74 Å². The average Bonchev–Trinajstić information content (AvgIpc) is 3.54. The number of nitriles is 1. The first-order valence-corrected chi connectivity index (χ1v) is 14.4. The summed E-state index contributed by atoms with van der Waals surface area (Å²) < 4.78 is 61.3. The van der Waals surface area contributed by atoms with Crippen molar-refractivity contribution in [1.82, 2.24) is 25.2 Å². The summed E-state index contributed by atoms with van der Waals surface area (Å²) >= 11 is 0. The van der Waals surface area contributed by atoms with E-state index in [1.54, 1.807) is 33.0 Å². The van der Waals surface area contributed by atoms with Crippen molar-refractivity contribution in [2.75, 3.05) is 0 Å². The van der Waals surface area contributed by atoms with Crippen LogP contribution in [0.5, 0.6) is 0 Å². The smallest absolute Gasteiger partial charge is 0.408 e. The molecule has 228 valence electrons. The Morgan fingerprint density at radius 3 is 2.36 bits per heavy atom. The molecule has 0 bridgehead atoms. The lowest BCUT2D eigenvalue weighted by atomic mass is 9.79. The van der Waals surface area contributed by atoms with Gasteiger partial charge in [-0.1, -0.05) is 0 Å². The Morgan fingerprint density at radius 2 is 1.79 bits per heavy atom. The van der Waals surface area contributed by atoms with Crippen LogP contribution in [-0.4, -0.2) is 44.0 Å². The van der Waals surface area contributed by atoms with Gasteiger partial charge in [0.1, 0.15) is 5.60 Å². The number of amides is 2. The summed E-state index contributed by atoms with van der Waals surface area (Å²) in [7, 11) is 0. The molecule has 3 aliphatic rings. The molecule has 13 heteroatoms. The van der Waals surface area contributed by atoms with Crippen LogP contribution in [-0.2, 0) is 9.53 Å². The molecular formula is C29H36F4N6O3. The van der Waals surface area contributed by atoms with Gasteiger partial charge in [-0.25, -0.2) is 31.9 Å². The van der Waals surface area contributed by atoms with Crippen LogP contribution in [0.15, 0.2) is 18.5 Å². The number of alkyl halides is 4. The zero-order chi connectivity index (χ0) is 30.5. The minimum atomic E-state index is -2.75. The van der Waals surface area contributed by atoms with E-state index < -0.39 is 52.9 Å². The number of carbonyl (C=O) groups excluding carboxylic acids is 2. The van der Waals surface area contributed by atoms with Crippen molar-refractivity contribution < 1.29 is 31.9 Å². The highest BCUT2D eigenvalue weighted by Gasteiger charge is 2.52. The lowest BCUT2D eigenvalue weighted by Crippen LogP contribution is -2.40. The van der Waals surface area contributed by atoms with E-state index in [9.17, 15) is 32.4 Å². The molecule has 1 unspecified atom stereocenters. The van der Waals surface area contributed by atoms with Crippen molar-refractivity contribution in [1.29, 1.82) is 5.26 Å². The first-order chi connectivity index (χ1) is 19.6. The molecule has 0 radical (unpaired) electrons. The number of hydrogen-bond acceptors (Lipinski definition) is 6. The summed E-state index contributed by atoms with van der Waals surface area (Å²) in [5, 5.41) is 20.0. The minimum Gasteiger partial charge on any atom is -0.444 e. The van der Waals surface area contributed by atoms with Gasteiger partial charge in [0.2, 0.25) is 17.8 Å². The highest BCUT2D eigenvalue weighted by atomic mass is 19.3. The Morgan fingerprint density at radius 1 is 1.12 bits per heavy atom. The Kier molecular flexibility index (Phi) is 7.64. The van der Waals surface area contributed by atoms with E-state index in [1.807, 2.05) is 0 Å². The first kappa shape index (κ1) is 30.0. The van der Waals surface area contributed by atoms with Gasteiger partial charge in [-0.3, -0.25) is 4.79 Å². The predicted octanol–water partition coefficient (Wildman–Crippen LogP) is 6.02. The van der Waals surface area contributed by atoms with Crippen molar-refractivity contribution in [3.8, 4) is 6.07 Å². The predicted molar refractivity (Wildman–Crippen MR) is 142 cm³/mol. The molecule has 0 spiro atoms. The maximum absolute atomic E-state index is 13.9. The normalized spacial score (nSPS) is 22.8. The third kappa shape index (κ3) is 6.79. The van der Waals surface area contributed by atoms with Crippen LogP contribution in [0, 0.1) is 28.6 Å². The average molecular weight is 593 g/mol. The molecule has 2 atom stereocenters. The van der Waals surface area contributed by atoms with Gasteiger partial charge >= 0.3 is 6.09 Å². The van der Waals surface area contributed by atoms with Gasteiger partial charge in [0.15, 0.2) is 5.65 Å². The van der Waals surface area contributed by atoms with Crippen molar-refractivity contribution in [2.24, 2.45) is 17.3 Å². The van der Waals surface area contributed by atoms with Crippen LogP contribution in [0.3, 0.4) is 0 Å². The summed E-state index contributed by atoms with van der Waals surface area (Å²) in [5.74, 6) is -6.58. The minimum absolute atomic E-state index is 0.0464. The largest absolute Gasteiger partial charge is 0.444 e. The number of ether oxygens (including phenoxy) is 1. The van der Waals surface area contributed by atoms with Crippen LogP contribution < -0.4 is 10.6 Å². The van der Waals surface area contributed by atoms with Crippen LogP contribution in [0.2, 0.25) is 0 Å². The second-order valence-corrected chi connectivity index (χ2v) is 13.2. The lowest BCUT2D eigenvalue weighted by molar-refractivity contribution is -0.134. The standard InChI is InChI=1S/C29H36F4N6O3/c1-26(2,3)42-25(41)38-23(18-4-6-28(30,31)7-5-18)20-15-39-21(36-20)11-19(14-35-39)24(27(16-34)8-9-27)37-22(40)10-17-12-29(32,33)13-17/h11,14-15,17-18,23-24H,4-10,12-13H2,1-3H3,(H,37,40)(H,38,41)/t23-,24?/m0/s1. The number of halogens is 4. The van der Waals surface area contributed by atoms with Gasteiger partial charge in [0.05, 0.1) is 41.7 Å². The quantitative estimate of drug-likeness (QED) is 0.362. The molecule has 0 saturated heterocycles. The molecule has 2 aromatic rings. The zero-order valence-electron chi connectivity index (χ0n) is 23.9. The van der Waals surface area contributed by atoms with Gasteiger partial charge in [0.25, 0.3) is 0 Å². The number of nitrogens with one attached hydrogen (secondary N) is 2. The van der Waals surface area contributed by atoms with E-state index in [0.29, 0.717) is 29.7 Å². The SMILES string of the molecule is CC(C)(C)OC(=O)N[C@H](c1cn2ncc(C(NC(=O)CC3CC(F)(F)C3)C3(C#N)CC3)cc2n1)C1CCC(F)(F)CC1. The summed E-state index contributed by atoms with van der Waals surface area (Å²) in [6.45, 7) is 5.18. The van der Waals surface area contributed by atoms with Crippen LogP contribution in [0.4, 0.5) is 22.4 Å². The molecule has 3 aliphatic carbocycles. The molecule has 5 rings (SSSR count). The molecule has 9 nitrogen and oxygen atoms in total. The molecule has 3 saturated carbocycles. The molecule has 0 aromatic carbocycles. The Hall–Kier alpha value is -3.43. The highest BCUT2D eigenvalue weighted by molar-refractivity contribution is 5.77. The van der Waals surface area contributed by atoms with Gasteiger partial charge < -0.3 is 15.4 Å². The van der Waals surface area contributed by atoms with Gasteiger partial charge in [-0.2, -0.15) is 10.4 Å². The van der Waals surface area contributed by atoms with Gasteiger partial charge in [-0.15, -0.1) is 0 Å². The second kappa shape index (κ2) is 10.7. The van der Waals surface area contributed by atoms with E-state index in [2.05, 4.69) is 26.8 Å². The van der Waals surface area contributed by atoms with Crippen LogP contribution in [0.1, 0.15) is 102 Å².